The highest BCUT2D eigenvalue weighted by Gasteiger charge is 2.39. The number of aliphatic hydroxyl groups is 1. The third kappa shape index (κ3) is 5.16. The second kappa shape index (κ2) is 11.1. The summed E-state index contributed by atoms with van der Waals surface area (Å²) in [5.74, 6) is 0.678. The van der Waals surface area contributed by atoms with E-state index in [0.29, 0.717) is 23.4 Å². The molecule has 0 saturated carbocycles. The molecular formula is C36H33N5O3S. The summed E-state index contributed by atoms with van der Waals surface area (Å²) in [5, 5.41) is 15.3. The molecule has 9 heteroatoms. The van der Waals surface area contributed by atoms with E-state index in [1.54, 1.807) is 48.9 Å². The zero-order chi connectivity index (χ0) is 30.5. The first-order chi connectivity index (χ1) is 21.9. The van der Waals surface area contributed by atoms with Crippen molar-refractivity contribution in [1.29, 1.82) is 0 Å². The van der Waals surface area contributed by atoms with Crippen LogP contribution in [0.4, 0.5) is 11.5 Å². The Bertz CT molecular complexity index is 2120. The van der Waals surface area contributed by atoms with Gasteiger partial charge in [-0.1, -0.05) is 48.5 Å². The number of benzene rings is 4. The fraction of sp³-hybridized carbons (Fsp3) is 0.222. The SMILES string of the molecule is O=S(=O)(c1ccccc1)n1ccc2cc(Nc3ncnc4ccc(-c5ccc(CN6C7CCC6CC(O)C7)cc5)cc34)ccc21. The van der Waals surface area contributed by atoms with Gasteiger partial charge in [0.25, 0.3) is 10.0 Å². The molecule has 2 saturated heterocycles. The highest BCUT2D eigenvalue weighted by molar-refractivity contribution is 7.90. The van der Waals surface area contributed by atoms with Crippen LogP contribution < -0.4 is 5.32 Å². The van der Waals surface area contributed by atoms with Gasteiger partial charge in [0.15, 0.2) is 0 Å². The van der Waals surface area contributed by atoms with E-state index in [1.165, 1.54) is 22.4 Å². The summed E-state index contributed by atoms with van der Waals surface area (Å²) in [6.07, 6.45) is 7.15. The number of piperidine rings is 1. The molecule has 0 spiro atoms. The molecule has 8 nitrogen and oxygen atoms in total. The predicted octanol–water partition coefficient (Wildman–Crippen LogP) is 6.72. The molecular weight excluding hydrogens is 582 g/mol. The molecule has 0 aliphatic carbocycles. The lowest BCUT2D eigenvalue weighted by Crippen LogP contribution is -2.44. The van der Waals surface area contributed by atoms with Gasteiger partial charge in [-0.15, -0.1) is 0 Å². The Labute approximate surface area is 262 Å². The van der Waals surface area contributed by atoms with Gasteiger partial charge in [0.2, 0.25) is 0 Å². The van der Waals surface area contributed by atoms with E-state index in [2.05, 4.69) is 56.6 Å². The molecule has 0 amide bonds. The Morgan fingerprint density at radius 2 is 1.58 bits per heavy atom. The van der Waals surface area contributed by atoms with Gasteiger partial charge in [0.05, 0.1) is 22.0 Å². The Morgan fingerprint density at radius 1 is 0.822 bits per heavy atom. The van der Waals surface area contributed by atoms with Crippen LogP contribution >= 0.6 is 0 Å². The van der Waals surface area contributed by atoms with Crippen molar-refractivity contribution >= 4 is 43.3 Å². The van der Waals surface area contributed by atoms with Crippen LogP contribution in [0.15, 0.2) is 114 Å². The molecule has 8 rings (SSSR count). The number of aromatic nitrogens is 3. The number of nitrogens with zero attached hydrogens (tertiary/aromatic N) is 4. The second-order valence-corrected chi connectivity index (χ2v) is 14.0. The number of nitrogens with one attached hydrogen (secondary N) is 1. The highest BCUT2D eigenvalue weighted by atomic mass is 32.2. The summed E-state index contributed by atoms with van der Waals surface area (Å²) in [7, 11) is -3.70. The summed E-state index contributed by atoms with van der Waals surface area (Å²) in [6.45, 7) is 0.924. The van der Waals surface area contributed by atoms with E-state index in [9.17, 15) is 13.5 Å². The number of hydrogen-bond donors (Lipinski definition) is 2. The van der Waals surface area contributed by atoms with Gasteiger partial charge in [-0.2, -0.15) is 0 Å². The maximum atomic E-state index is 13.2. The minimum atomic E-state index is -3.70. The topological polar surface area (TPSA) is 100 Å². The fourth-order valence-electron chi connectivity index (χ4n) is 7.10. The Kier molecular flexibility index (Phi) is 6.89. The van der Waals surface area contributed by atoms with Gasteiger partial charge in [-0.05, 0) is 90.9 Å². The molecule has 4 aromatic carbocycles. The first kappa shape index (κ1) is 27.9. The molecule has 2 atom stereocenters. The molecule has 0 radical (unpaired) electrons. The van der Waals surface area contributed by atoms with E-state index in [-0.39, 0.29) is 11.0 Å². The molecule has 2 aromatic heterocycles. The molecule has 45 heavy (non-hydrogen) atoms. The van der Waals surface area contributed by atoms with Gasteiger partial charge in [-0.3, -0.25) is 4.90 Å². The number of anilines is 2. The molecule has 2 aliphatic heterocycles. The largest absolute Gasteiger partial charge is 0.393 e. The van der Waals surface area contributed by atoms with E-state index in [4.69, 9.17) is 0 Å². The maximum Gasteiger partial charge on any atom is 0.268 e. The number of hydrogen-bond acceptors (Lipinski definition) is 7. The average molecular weight is 616 g/mol. The van der Waals surface area contributed by atoms with Gasteiger partial charge < -0.3 is 10.4 Å². The van der Waals surface area contributed by atoms with Crippen LogP contribution in [-0.2, 0) is 16.6 Å². The first-order valence-electron chi connectivity index (χ1n) is 15.4. The van der Waals surface area contributed by atoms with E-state index in [0.717, 1.165) is 52.5 Å². The van der Waals surface area contributed by atoms with Crippen molar-refractivity contribution in [3.8, 4) is 11.1 Å². The lowest BCUT2D eigenvalue weighted by molar-refractivity contribution is 0.0310. The Hall–Kier alpha value is -4.57. The van der Waals surface area contributed by atoms with Crippen molar-refractivity contribution in [3.05, 3.63) is 115 Å². The van der Waals surface area contributed by atoms with Crippen LogP contribution in [0.25, 0.3) is 32.9 Å². The van der Waals surface area contributed by atoms with E-state index >= 15 is 0 Å². The maximum absolute atomic E-state index is 13.2. The van der Waals surface area contributed by atoms with Crippen molar-refractivity contribution in [2.75, 3.05) is 5.32 Å². The monoisotopic (exact) mass is 615 g/mol. The van der Waals surface area contributed by atoms with Crippen LogP contribution in [0, 0.1) is 0 Å². The normalized spacial score (nSPS) is 20.2. The smallest absolute Gasteiger partial charge is 0.268 e. The molecule has 226 valence electrons. The number of fused-ring (bicyclic) bond motifs is 4. The average Bonchev–Trinajstić information content (AvgIpc) is 3.59. The van der Waals surface area contributed by atoms with Gasteiger partial charge in [0, 0.05) is 41.3 Å². The van der Waals surface area contributed by atoms with Gasteiger partial charge in [-0.25, -0.2) is 22.4 Å². The van der Waals surface area contributed by atoms with Crippen molar-refractivity contribution in [3.63, 3.8) is 0 Å². The summed E-state index contributed by atoms with van der Waals surface area (Å²) in [6, 6.07) is 31.8. The molecule has 6 aromatic rings. The minimum absolute atomic E-state index is 0.147. The zero-order valence-corrected chi connectivity index (χ0v) is 25.4. The molecule has 2 aliphatic rings. The zero-order valence-electron chi connectivity index (χ0n) is 24.6. The Balaban J connectivity index is 1.04. The van der Waals surface area contributed by atoms with Crippen LogP contribution in [0.3, 0.4) is 0 Å². The third-order valence-electron chi connectivity index (χ3n) is 9.36. The minimum Gasteiger partial charge on any atom is -0.393 e. The van der Waals surface area contributed by atoms with Crippen molar-refractivity contribution < 1.29 is 13.5 Å². The fourth-order valence-corrected chi connectivity index (χ4v) is 8.47. The summed E-state index contributed by atoms with van der Waals surface area (Å²) in [5.41, 5.74) is 5.72. The van der Waals surface area contributed by atoms with Crippen LogP contribution in [0.2, 0.25) is 0 Å². The number of aliphatic hydroxyl groups excluding tert-OH is 1. The standard InChI is InChI=1S/C36H33N5O3S/c42-31-20-29-12-13-30(21-31)40(29)22-24-6-8-25(9-7-24)26-10-14-34-33(19-26)36(38-23-37-34)39-28-11-15-35-27(18-28)16-17-41(35)45(43,44)32-4-2-1-3-5-32/h1-11,14-19,23,29-31,42H,12-13,20-22H2,(H,37,38,39). The molecule has 2 bridgehead atoms. The summed E-state index contributed by atoms with van der Waals surface area (Å²) >= 11 is 0. The second-order valence-electron chi connectivity index (χ2n) is 12.2. The molecule has 2 N–H and O–H groups in total. The van der Waals surface area contributed by atoms with Crippen molar-refractivity contribution in [1.82, 2.24) is 18.8 Å². The van der Waals surface area contributed by atoms with Crippen LogP contribution in [-0.4, -0.2) is 50.6 Å². The third-order valence-corrected chi connectivity index (χ3v) is 11.1. The van der Waals surface area contributed by atoms with Gasteiger partial charge >= 0.3 is 0 Å². The Morgan fingerprint density at radius 3 is 2.36 bits per heavy atom. The predicted molar refractivity (Wildman–Crippen MR) is 177 cm³/mol. The highest BCUT2D eigenvalue weighted by Crippen LogP contribution is 2.37. The lowest BCUT2D eigenvalue weighted by atomic mass is 9.98. The van der Waals surface area contributed by atoms with Gasteiger partial charge in [0.1, 0.15) is 12.1 Å². The van der Waals surface area contributed by atoms with Crippen molar-refractivity contribution in [2.45, 2.75) is 55.3 Å². The molecule has 4 heterocycles. The quantitative estimate of drug-likeness (QED) is 0.206. The summed E-state index contributed by atoms with van der Waals surface area (Å²) in [4.78, 5) is 11.9. The molecule has 2 fully saturated rings. The van der Waals surface area contributed by atoms with E-state index in [1.807, 2.05) is 24.3 Å². The first-order valence-corrected chi connectivity index (χ1v) is 16.8. The molecule has 2 unspecified atom stereocenters. The lowest BCUT2D eigenvalue weighted by Gasteiger charge is -2.37. The van der Waals surface area contributed by atoms with Crippen LogP contribution in [0.1, 0.15) is 31.2 Å². The van der Waals surface area contributed by atoms with E-state index < -0.39 is 10.0 Å². The summed E-state index contributed by atoms with van der Waals surface area (Å²) < 4.78 is 27.8. The van der Waals surface area contributed by atoms with Crippen LogP contribution in [0.5, 0.6) is 0 Å². The number of rotatable bonds is 7. The van der Waals surface area contributed by atoms with Crippen molar-refractivity contribution in [2.24, 2.45) is 0 Å².